The van der Waals surface area contributed by atoms with Crippen LogP contribution in [-0.4, -0.2) is 39.1 Å². The molecule has 0 spiro atoms. The van der Waals surface area contributed by atoms with E-state index in [2.05, 4.69) is 30.8 Å². The molecule has 8 rings (SSSR count). The molecule has 0 fully saturated rings. The van der Waals surface area contributed by atoms with E-state index in [1.807, 2.05) is 97.1 Å². The normalized spacial score (nSPS) is 12.3. The molecule has 6 aromatic carbocycles. The second-order valence-electron chi connectivity index (χ2n) is 12.6. The van der Waals surface area contributed by atoms with Gasteiger partial charge < -0.3 is 9.84 Å². The maximum Gasteiger partial charge on any atom is 0.334 e. The lowest BCUT2D eigenvalue weighted by Gasteiger charge is -2.24. The smallest absolute Gasteiger partial charge is 0.334 e. The summed E-state index contributed by atoms with van der Waals surface area (Å²) in [6.45, 7) is 5.50. The van der Waals surface area contributed by atoms with Gasteiger partial charge in [0.25, 0.3) is 5.91 Å². The number of rotatable bonds is 9. The van der Waals surface area contributed by atoms with Gasteiger partial charge in [0, 0.05) is 22.3 Å². The maximum absolute atomic E-state index is 15.1. The van der Waals surface area contributed by atoms with E-state index in [0.717, 1.165) is 44.5 Å². The van der Waals surface area contributed by atoms with Gasteiger partial charge in [-0.1, -0.05) is 134 Å². The van der Waals surface area contributed by atoms with Gasteiger partial charge in [-0.15, -0.1) is 0 Å². The molecular weight excluding hydrogens is 649 g/mol. The van der Waals surface area contributed by atoms with Gasteiger partial charge in [0.05, 0.1) is 23.2 Å². The molecule has 0 bridgehead atoms. The topological polar surface area (TPSA) is 98.5 Å². The van der Waals surface area contributed by atoms with Crippen molar-refractivity contribution in [3.8, 4) is 55.9 Å². The summed E-state index contributed by atoms with van der Waals surface area (Å²) in [5.41, 5.74) is 9.59. The monoisotopic (exact) mass is 680 g/mol. The molecule has 2 heterocycles. The van der Waals surface area contributed by atoms with E-state index in [-0.39, 0.29) is 18.1 Å². The average Bonchev–Trinajstić information content (AvgIpc) is 3.69. The summed E-state index contributed by atoms with van der Waals surface area (Å²) in [7, 11) is 0. The van der Waals surface area contributed by atoms with Crippen LogP contribution >= 0.6 is 0 Å². The van der Waals surface area contributed by atoms with Gasteiger partial charge in [-0.2, -0.15) is 0 Å². The minimum atomic E-state index is -1.36. The SMILES string of the molecule is C=C(C(=O)OCC)C(C(=O)O)c1ccc2c(c1)nc1n2C(=O)c2c(-c3ccccc3)c(-c3ccccc3)c(-c3ccccc3)c(-c3ccccc3)c2-1. The number of aliphatic carboxylic acids is 1. The third-order valence-electron chi connectivity index (χ3n) is 9.54. The molecule has 1 atom stereocenters. The third-order valence-corrected chi connectivity index (χ3v) is 9.54. The fourth-order valence-corrected chi connectivity index (χ4v) is 7.36. The molecule has 7 heteroatoms. The summed E-state index contributed by atoms with van der Waals surface area (Å²) in [5.74, 6) is -3.17. The molecule has 0 amide bonds. The number of benzene rings is 6. The van der Waals surface area contributed by atoms with E-state index in [4.69, 9.17) is 9.72 Å². The summed E-state index contributed by atoms with van der Waals surface area (Å²) in [6.07, 6.45) is 0. The molecule has 7 nitrogen and oxygen atoms in total. The number of carbonyl (C=O) groups excluding carboxylic acids is 2. The molecule has 0 saturated carbocycles. The van der Waals surface area contributed by atoms with E-state index in [9.17, 15) is 14.7 Å². The highest BCUT2D eigenvalue weighted by atomic mass is 16.5. The van der Waals surface area contributed by atoms with Crippen LogP contribution in [0.1, 0.15) is 28.8 Å². The molecule has 52 heavy (non-hydrogen) atoms. The first-order chi connectivity index (χ1) is 25.4. The largest absolute Gasteiger partial charge is 0.481 e. The molecule has 1 aliphatic heterocycles. The fourth-order valence-electron chi connectivity index (χ4n) is 7.36. The third kappa shape index (κ3) is 5.22. The Hall–Kier alpha value is -6.86. The lowest BCUT2D eigenvalue weighted by Crippen LogP contribution is -2.20. The number of carboxylic acids is 1. The van der Waals surface area contributed by atoms with Gasteiger partial charge in [0.1, 0.15) is 11.7 Å². The van der Waals surface area contributed by atoms with Crippen molar-refractivity contribution in [1.82, 2.24) is 9.55 Å². The highest BCUT2D eigenvalue weighted by molar-refractivity contribution is 6.24. The Morgan fingerprint density at radius 1 is 0.673 bits per heavy atom. The van der Waals surface area contributed by atoms with Crippen LogP contribution in [0.3, 0.4) is 0 Å². The van der Waals surface area contributed by atoms with Crippen molar-refractivity contribution in [2.45, 2.75) is 12.8 Å². The average molecular weight is 681 g/mol. The summed E-state index contributed by atoms with van der Waals surface area (Å²) in [5, 5.41) is 10.2. The Bertz CT molecular complexity index is 2540. The Labute approximate surface area is 300 Å². The van der Waals surface area contributed by atoms with Crippen molar-refractivity contribution in [3.63, 3.8) is 0 Å². The van der Waals surface area contributed by atoms with Crippen molar-refractivity contribution < 1.29 is 24.2 Å². The van der Waals surface area contributed by atoms with Crippen molar-refractivity contribution >= 4 is 28.9 Å². The molecule has 7 aromatic rings. The van der Waals surface area contributed by atoms with Gasteiger partial charge in [0.15, 0.2) is 0 Å². The summed E-state index contributed by atoms with van der Waals surface area (Å²) < 4.78 is 6.70. The number of hydrogen-bond acceptors (Lipinski definition) is 5. The van der Waals surface area contributed by atoms with Crippen LogP contribution in [0.5, 0.6) is 0 Å². The number of esters is 1. The van der Waals surface area contributed by atoms with Crippen molar-refractivity contribution in [2.24, 2.45) is 0 Å². The van der Waals surface area contributed by atoms with Gasteiger partial charge in [-0.25, -0.2) is 9.78 Å². The number of carbonyl (C=O) groups is 3. The summed E-state index contributed by atoms with van der Waals surface area (Å²) in [6, 6.07) is 45.3. The molecule has 0 radical (unpaired) electrons. The summed E-state index contributed by atoms with van der Waals surface area (Å²) in [4.78, 5) is 45.3. The van der Waals surface area contributed by atoms with Crippen LogP contribution in [0.25, 0.3) is 66.9 Å². The zero-order chi connectivity index (χ0) is 35.9. The molecule has 0 aliphatic carbocycles. The predicted octanol–water partition coefficient (Wildman–Crippen LogP) is 9.66. The van der Waals surface area contributed by atoms with Gasteiger partial charge in [0.2, 0.25) is 0 Å². The number of fused-ring (bicyclic) bond motifs is 5. The maximum atomic E-state index is 15.1. The molecule has 0 saturated heterocycles. The van der Waals surface area contributed by atoms with Crippen LogP contribution in [0.2, 0.25) is 0 Å². The van der Waals surface area contributed by atoms with Gasteiger partial charge >= 0.3 is 11.9 Å². The highest BCUT2D eigenvalue weighted by Gasteiger charge is 2.40. The van der Waals surface area contributed by atoms with E-state index < -0.39 is 17.9 Å². The van der Waals surface area contributed by atoms with E-state index in [1.165, 1.54) is 0 Å². The molecule has 1 aromatic heterocycles. The number of imidazole rings is 1. The summed E-state index contributed by atoms with van der Waals surface area (Å²) >= 11 is 0. The minimum Gasteiger partial charge on any atom is -0.481 e. The zero-order valence-corrected chi connectivity index (χ0v) is 28.2. The molecule has 1 N–H and O–H groups in total. The predicted molar refractivity (Wildman–Crippen MR) is 203 cm³/mol. The molecular formula is C45H32N2O5. The van der Waals surface area contributed by atoms with Crippen molar-refractivity contribution in [2.75, 3.05) is 6.61 Å². The molecule has 252 valence electrons. The van der Waals surface area contributed by atoms with Crippen molar-refractivity contribution in [3.05, 3.63) is 163 Å². The molecule has 1 aliphatic rings. The van der Waals surface area contributed by atoms with Crippen LogP contribution in [0, 0.1) is 0 Å². The Morgan fingerprint density at radius 2 is 1.12 bits per heavy atom. The van der Waals surface area contributed by atoms with Crippen LogP contribution in [0.4, 0.5) is 0 Å². The first kappa shape index (κ1) is 32.4. The molecule has 1 unspecified atom stereocenters. The minimum absolute atomic E-state index is 0.0875. The number of ether oxygens (including phenoxy) is 1. The van der Waals surface area contributed by atoms with Crippen LogP contribution < -0.4 is 0 Å². The second-order valence-corrected chi connectivity index (χ2v) is 12.6. The number of carboxylic acid groups (broad SMARTS) is 1. The highest BCUT2D eigenvalue weighted by Crippen LogP contribution is 2.55. The Morgan fingerprint density at radius 3 is 1.56 bits per heavy atom. The quantitative estimate of drug-likeness (QED) is 0.120. The number of hydrogen-bond donors (Lipinski definition) is 1. The first-order valence-corrected chi connectivity index (χ1v) is 17.0. The van der Waals surface area contributed by atoms with Crippen LogP contribution in [-0.2, 0) is 14.3 Å². The second kappa shape index (κ2) is 13.1. The lowest BCUT2D eigenvalue weighted by atomic mass is 9.77. The van der Waals surface area contributed by atoms with Gasteiger partial charge in [-0.3, -0.25) is 14.2 Å². The lowest BCUT2D eigenvalue weighted by molar-refractivity contribution is -0.143. The standard InChI is InChI=1S/C45H32N2O5/c1-3-52-45(51)27(2)35(44(49)50)32-24-25-34-33(26-32)46-42-40-38(30-20-12-6-13-21-30)36(28-16-8-4-9-17-28)37(29-18-10-5-11-19-29)39(31-22-14-7-15-23-31)41(40)43(48)47(34)42/h4-26,35H,2-3H2,1H3,(H,49,50). The Kier molecular flexibility index (Phi) is 8.16. The number of aromatic nitrogens is 2. The van der Waals surface area contributed by atoms with Crippen LogP contribution in [0.15, 0.2) is 152 Å². The van der Waals surface area contributed by atoms with E-state index >= 15 is 4.79 Å². The zero-order valence-electron chi connectivity index (χ0n) is 28.2. The first-order valence-electron chi connectivity index (χ1n) is 17.0. The number of nitrogens with zero attached hydrogens (tertiary/aromatic N) is 2. The fraction of sp³-hybridized carbons (Fsp3) is 0.0667. The van der Waals surface area contributed by atoms with E-state index in [1.54, 1.807) is 29.7 Å². The Balaban J connectivity index is 1.49. The van der Waals surface area contributed by atoms with Crippen molar-refractivity contribution in [1.29, 1.82) is 0 Å². The van der Waals surface area contributed by atoms with E-state index in [0.29, 0.717) is 33.5 Å². The van der Waals surface area contributed by atoms with Gasteiger partial charge in [-0.05, 0) is 58.0 Å².